The maximum atomic E-state index is 14.3. The molecule has 1 saturated heterocycles. The molecule has 1 amide bonds. The molecule has 2 aromatic rings. The van der Waals surface area contributed by atoms with Gasteiger partial charge >= 0.3 is 12.1 Å². The highest BCUT2D eigenvalue weighted by Crippen LogP contribution is 2.39. The summed E-state index contributed by atoms with van der Waals surface area (Å²) in [6.45, 7) is 10.8. The van der Waals surface area contributed by atoms with E-state index in [9.17, 15) is 14.0 Å². The zero-order valence-corrected chi connectivity index (χ0v) is 18.9. The van der Waals surface area contributed by atoms with Crippen molar-refractivity contribution < 1.29 is 23.5 Å². The van der Waals surface area contributed by atoms with Crippen LogP contribution >= 0.6 is 0 Å². The number of hydrogen-bond acceptors (Lipinski definition) is 6. The van der Waals surface area contributed by atoms with Gasteiger partial charge in [0.2, 0.25) is 0 Å². The Bertz CT molecular complexity index is 992. The molecule has 1 aliphatic heterocycles. The molecule has 1 aliphatic rings. The lowest BCUT2D eigenvalue weighted by Crippen LogP contribution is -2.59. The van der Waals surface area contributed by atoms with E-state index in [1.165, 1.54) is 11.0 Å². The lowest BCUT2D eigenvalue weighted by atomic mass is 9.76. The van der Waals surface area contributed by atoms with Crippen molar-refractivity contribution in [3.05, 3.63) is 29.8 Å². The van der Waals surface area contributed by atoms with Crippen LogP contribution in [0, 0.1) is 5.82 Å². The highest BCUT2D eigenvalue weighted by Gasteiger charge is 2.51. The van der Waals surface area contributed by atoms with Crippen LogP contribution in [0.1, 0.15) is 60.2 Å². The van der Waals surface area contributed by atoms with Crippen LogP contribution < -0.4 is 5.73 Å². The predicted molar refractivity (Wildman–Crippen MR) is 114 cm³/mol. The van der Waals surface area contributed by atoms with Crippen LogP contribution in [0.15, 0.2) is 18.2 Å². The average Bonchev–Trinajstić information content (AvgIpc) is 3.04. The van der Waals surface area contributed by atoms with Gasteiger partial charge in [0.05, 0.1) is 11.7 Å². The summed E-state index contributed by atoms with van der Waals surface area (Å²) in [6.07, 6.45) is -1.10. The smallest absolute Gasteiger partial charge is 0.411 e. The van der Waals surface area contributed by atoms with Crippen molar-refractivity contribution in [3.8, 4) is 0 Å². The number of likely N-dealkylation sites (tertiary alicyclic amines) is 1. The summed E-state index contributed by atoms with van der Waals surface area (Å²) in [7, 11) is 0. The molecule has 1 aromatic heterocycles. The number of benzene rings is 1. The van der Waals surface area contributed by atoms with Gasteiger partial charge < -0.3 is 20.2 Å². The third-order valence-corrected chi connectivity index (χ3v) is 5.08. The van der Waals surface area contributed by atoms with Crippen molar-refractivity contribution in [1.82, 2.24) is 14.9 Å². The maximum Gasteiger partial charge on any atom is 0.411 e. The van der Waals surface area contributed by atoms with E-state index in [1.807, 2.05) is 0 Å². The van der Waals surface area contributed by atoms with Crippen LogP contribution in [0.25, 0.3) is 11.0 Å². The van der Waals surface area contributed by atoms with Gasteiger partial charge in [-0.1, -0.05) is 6.07 Å². The summed E-state index contributed by atoms with van der Waals surface area (Å²) < 4.78 is 25.4. The number of para-hydroxylation sites is 1. The van der Waals surface area contributed by atoms with Gasteiger partial charge in [-0.3, -0.25) is 9.69 Å². The van der Waals surface area contributed by atoms with E-state index in [2.05, 4.69) is 9.97 Å². The fraction of sp³-hybridized carbons (Fsp3) is 0.591. The van der Waals surface area contributed by atoms with Gasteiger partial charge in [0, 0.05) is 13.0 Å². The zero-order chi connectivity index (χ0) is 23.2. The number of aromatic amines is 1. The number of nitrogens with one attached hydrogen (secondary N) is 1. The average molecular weight is 435 g/mol. The molecule has 2 heterocycles. The summed E-state index contributed by atoms with van der Waals surface area (Å²) in [6, 6.07) is 4.54. The van der Waals surface area contributed by atoms with Gasteiger partial charge in [-0.2, -0.15) is 0 Å². The standard InChI is InChI=1S/C22H31FN4O4/c1-20(2,3)30-18(28)22(17-25-14-9-7-8-13(23)16(14)26-17)10-11-27(15(24)12-22)19(29)31-21(4,5)6/h7-9,15H,10-12,24H2,1-6H3,(H,25,26). The number of aromatic nitrogens is 2. The molecule has 0 aliphatic carbocycles. The number of piperidine rings is 1. The number of H-pyrrole nitrogens is 1. The number of rotatable bonds is 2. The molecule has 0 spiro atoms. The minimum absolute atomic E-state index is 0.0581. The molecule has 1 aromatic carbocycles. The molecule has 0 bridgehead atoms. The van der Waals surface area contributed by atoms with E-state index in [1.54, 1.807) is 53.7 Å². The van der Waals surface area contributed by atoms with E-state index in [-0.39, 0.29) is 30.7 Å². The maximum absolute atomic E-state index is 14.3. The lowest BCUT2D eigenvalue weighted by molar-refractivity contribution is -0.165. The van der Waals surface area contributed by atoms with Crippen LogP contribution in [-0.4, -0.2) is 50.8 Å². The Kier molecular flexibility index (Phi) is 5.77. The van der Waals surface area contributed by atoms with Gasteiger partial charge in [-0.25, -0.2) is 14.2 Å². The molecule has 170 valence electrons. The second kappa shape index (κ2) is 7.78. The lowest BCUT2D eigenvalue weighted by Gasteiger charge is -2.43. The van der Waals surface area contributed by atoms with Crippen molar-refractivity contribution in [1.29, 1.82) is 0 Å². The molecule has 0 saturated carbocycles. The van der Waals surface area contributed by atoms with Crippen LogP contribution in [-0.2, 0) is 19.7 Å². The Labute approximate surface area is 181 Å². The molecule has 0 radical (unpaired) electrons. The first-order valence-electron chi connectivity index (χ1n) is 10.4. The van der Waals surface area contributed by atoms with Crippen LogP contribution in [0.4, 0.5) is 9.18 Å². The Morgan fingerprint density at radius 1 is 1.19 bits per heavy atom. The highest BCUT2D eigenvalue weighted by atomic mass is 19.1. The molecule has 31 heavy (non-hydrogen) atoms. The fourth-order valence-electron chi connectivity index (χ4n) is 3.69. The number of ether oxygens (including phenoxy) is 2. The molecule has 3 N–H and O–H groups in total. The molecule has 2 unspecified atom stereocenters. The number of halogens is 1. The Morgan fingerprint density at radius 2 is 1.84 bits per heavy atom. The third-order valence-electron chi connectivity index (χ3n) is 5.08. The second-order valence-electron chi connectivity index (χ2n) is 10.00. The number of nitrogens with two attached hydrogens (primary N) is 1. The second-order valence-corrected chi connectivity index (χ2v) is 10.00. The summed E-state index contributed by atoms with van der Waals surface area (Å²) in [5, 5.41) is 0. The number of hydrogen-bond donors (Lipinski definition) is 2. The first-order chi connectivity index (χ1) is 14.2. The monoisotopic (exact) mass is 434 g/mol. The third kappa shape index (κ3) is 4.81. The van der Waals surface area contributed by atoms with Gasteiger partial charge in [-0.15, -0.1) is 0 Å². The normalized spacial score (nSPS) is 22.5. The number of amides is 1. The number of imidazole rings is 1. The number of carbonyl (C=O) groups is 2. The van der Waals surface area contributed by atoms with E-state index >= 15 is 0 Å². The van der Waals surface area contributed by atoms with Crippen LogP contribution in [0.5, 0.6) is 0 Å². The van der Waals surface area contributed by atoms with Crippen molar-refractivity contribution in [2.75, 3.05) is 6.54 Å². The minimum Gasteiger partial charge on any atom is -0.459 e. The number of esters is 1. The van der Waals surface area contributed by atoms with Gasteiger partial charge in [0.25, 0.3) is 0 Å². The van der Waals surface area contributed by atoms with Crippen LogP contribution in [0.3, 0.4) is 0 Å². The SMILES string of the molecule is CC(C)(C)OC(=O)N1CCC(C(=O)OC(C)(C)C)(c2nc3cccc(F)c3[nH]2)CC1N. The first kappa shape index (κ1) is 23.0. The number of fused-ring (bicyclic) bond motifs is 1. The fourth-order valence-corrected chi connectivity index (χ4v) is 3.69. The Hall–Kier alpha value is -2.68. The largest absolute Gasteiger partial charge is 0.459 e. The van der Waals surface area contributed by atoms with E-state index < -0.39 is 40.7 Å². The Morgan fingerprint density at radius 3 is 2.39 bits per heavy atom. The van der Waals surface area contributed by atoms with Gasteiger partial charge in [0.1, 0.15) is 33.8 Å². The minimum atomic E-state index is -1.25. The van der Waals surface area contributed by atoms with Gasteiger partial charge in [-0.05, 0) is 60.1 Å². The molecule has 1 fully saturated rings. The highest BCUT2D eigenvalue weighted by molar-refractivity contribution is 5.85. The molecule has 3 rings (SSSR count). The van der Waals surface area contributed by atoms with E-state index in [4.69, 9.17) is 15.2 Å². The molecular weight excluding hydrogens is 403 g/mol. The molecular formula is C22H31FN4O4. The van der Waals surface area contributed by atoms with Crippen molar-refractivity contribution in [3.63, 3.8) is 0 Å². The molecule has 9 heteroatoms. The van der Waals surface area contributed by atoms with E-state index in [0.717, 1.165) is 0 Å². The first-order valence-corrected chi connectivity index (χ1v) is 10.4. The van der Waals surface area contributed by atoms with Crippen molar-refractivity contribution in [2.45, 2.75) is 77.2 Å². The molecule has 8 nitrogen and oxygen atoms in total. The number of nitrogens with zero attached hydrogens (tertiary/aromatic N) is 2. The molecule has 2 atom stereocenters. The topological polar surface area (TPSA) is 111 Å². The quantitative estimate of drug-likeness (QED) is 0.699. The summed E-state index contributed by atoms with van der Waals surface area (Å²) in [5.41, 5.74) is 4.28. The van der Waals surface area contributed by atoms with Gasteiger partial charge in [0.15, 0.2) is 0 Å². The summed E-state index contributed by atoms with van der Waals surface area (Å²) in [5.74, 6) is -0.703. The van der Waals surface area contributed by atoms with Crippen molar-refractivity contribution >= 4 is 23.1 Å². The van der Waals surface area contributed by atoms with E-state index in [0.29, 0.717) is 5.52 Å². The summed E-state index contributed by atoms with van der Waals surface area (Å²) >= 11 is 0. The van der Waals surface area contributed by atoms with Crippen molar-refractivity contribution in [2.24, 2.45) is 5.73 Å². The van der Waals surface area contributed by atoms with Crippen LogP contribution in [0.2, 0.25) is 0 Å². The predicted octanol–water partition coefficient (Wildman–Crippen LogP) is 3.60. The Balaban J connectivity index is 1.99. The zero-order valence-electron chi connectivity index (χ0n) is 18.9. The summed E-state index contributed by atoms with van der Waals surface area (Å²) in [4.78, 5) is 34.8. The number of carbonyl (C=O) groups excluding carboxylic acids is 2.